The topological polar surface area (TPSA) is 24.1 Å². The van der Waals surface area contributed by atoms with Crippen molar-refractivity contribution >= 4 is 0 Å². The summed E-state index contributed by atoms with van der Waals surface area (Å²) in [6.45, 7) is 3.34. The van der Waals surface area contributed by atoms with Crippen molar-refractivity contribution in [1.29, 1.82) is 0 Å². The smallest absolute Gasteiger partial charge is 0.0205 e. The lowest BCUT2D eigenvalue weighted by Gasteiger charge is -2.15. The molecular weight excluding hydrogens is 220 g/mol. The van der Waals surface area contributed by atoms with Crippen LogP contribution in [0.25, 0.3) is 0 Å². The molecule has 0 aliphatic heterocycles. The maximum atomic E-state index is 3.64. The van der Waals surface area contributed by atoms with Crippen LogP contribution in [0.3, 0.4) is 0 Å². The molecule has 0 radical (unpaired) electrons. The molecule has 0 bridgehead atoms. The van der Waals surface area contributed by atoms with E-state index in [4.69, 9.17) is 0 Å². The van der Waals surface area contributed by atoms with E-state index in [1.54, 1.807) is 11.1 Å². The van der Waals surface area contributed by atoms with Crippen LogP contribution in [0.4, 0.5) is 0 Å². The standard InChI is InChI=1S/C16H24N2/c1-17-11-16(7-8-16)12-18-10-13-5-6-14-3-2-4-15(14)9-13/h5-6,9,17-18H,2-4,7-8,10-12H2,1H3. The Hall–Kier alpha value is -0.860. The first-order chi connectivity index (χ1) is 8.81. The molecular formula is C16H24N2. The lowest BCUT2D eigenvalue weighted by Crippen LogP contribution is -2.31. The van der Waals surface area contributed by atoms with Crippen LogP contribution in [-0.2, 0) is 19.4 Å². The van der Waals surface area contributed by atoms with E-state index < -0.39 is 0 Å². The van der Waals surface area contributed by atoms with Crippen LogP contribution in [0.5, 0.6) is 0 Å². The summed E-state index contributed by atoms with van der Waals surface area (Å²) < 4.78 is 0. The SMILES string of the molecule is CNCC1(CNCc2ccc3c(c2)CCC3)CC1. The number of nitrogens with one attached hydrogen (secondary N) is 2. The van der Waals surface area contributed by atoms with E-state index in [0.717, 1.165) is 19.6 Å². The summed E-state index contributed by atoms with van der Waals surface area (Å²) in [5.74, 6) is 0. The summed E-state index contributed by atoms with van der Waals surface area (Å²) in [5.41, 5.74) is 5.18. The molecule has 0 aromatic heterocycles. The Morgan fingerprint density at radius 2 is 1.94 bits per heavy atom. The molecule has 2 aliphatic rings. The quantitative estimate of drug-likeness (QED) is 0.802. The molecule has 1 aromatic rings. The van der Waals surface area contributed by atoms with Gasteiger partial charge in [0.2, 0.25) is 0 Å². The Kier molecular flexibility index (Phi) is 3.40. The first kappa shape index (κ1) is 12.2. The Morgan fingerprint density at radius 3 is 2.72 bits per heavy atom. The Bertz CT molecular complexity index is 421. The normalized spacial score (nSPS) is 19.8. The van der Waals surface area contributed by atoms with Crippen molar-refractivity contribution in [2.75, 3.05) is 20.1 Å². The zero-order valence-corrected chi connectivity index (χ0v) is 11.4. The summed E-state index contributed by atoms with van der Waals surface area (Å²) in [5, 5.41) is 6.95. The van der Waals surface area contributed by atoms with Crippen molar-refractivity contribution in [2.24, 2.45) is 5.41 Å². The average molecular weight is 244 g/mol. The van der Waals surface area contributed by atoms with Gasteiger partial charge in [-0.05, 0) is 61.3 Å². The minimum atomic E-state index is 0.561. The van der Waals surface area contributed by atoms with E-state index in [0.29, 0.717) is 5.41 Å². The summed E-state index contributed by atoms with van der Waals surface area (Å²) >= 11 is 0. The molecule has 0 unspecified atom stereocenters. The number of fused-ring (bicyclic) bond motifs is 1. The van der Waals surface area contributed by atoms with Crippen LogP contribution in [-0.4, -0.2) is 20.1 Å². The molecule has 18 heavy (non-hydrogen) atoms. The van der Waals surface area contributed by atoms with Gasteiger partial charge in [0.05, 0.1) is 0 Å². The third-order valence-corrected chi connectivity index (χ3v) is 4.50. The number of hydrogen-bond acceptors (Lipinski definition) is 2. The van der Waals surface area contributed by atoms with Gasteiger partial charge >= 0.3 is 0 Å². The number of benzene rings is 1. The van der Waals surface area contributed by atoms with E-state index in [1.165, 1.54) is 37.7 Å². The van der Waals surface area contributed by atoms with Gasteiger partial charge in [0.25, 0.3) is 0 Å². The first-order valence-corrected chi connectivity index (χ1v) is 7.27. The third kappa shape index (κ3) is 2.60. The van der Waals surface area contributed by atoms with Crippen molar-refractivity contribution in [3.05, 3.63) is 34.9 Å². The van der Waals surface area contributed by atoms with Crippen LogP contribution in [0, 0.1) is 5.41 Å². The van der Waals surface area contributed by atoms with Gasteiger partial charge < -0.3 is 10.6 Å². The minimum Gasteiger partial charge on any atom is -0.319 e. The second-order valence-electron chi connectivity index (χ2n) is 6.09. The minimum absolute atomic E-state index is 0.561. The molecule has 1 fully saturated rings. The Labute approximate surface area is 110 Å². The van der Waals surface area contributed by atoms with Gasteiger partial charge in [0.1, 0.15) is 0 Å². The Balaban J connectivity index is 1.51. The van der Waals surface area contributed by atoms with Gasteiger partial charge in [0.15, 0.2) is 0 Å². The van der Waals surface area contributed by atoms with Crippen LogP contribution in [0.1, 0.15) is 36.0 Å². The molecule has 3 rings (SSSR count). The molecule has 0 amide bonds. The molecule has 98 valence electrons. The highest BCUT2D eigenvalue weighted by Crippen LogP contribution is 2.44. The summed E-state index contributed by atoms with van der Waals surface area (Å²) in [7, 11) is 2.06. The predicted octanol–water partition coefficient (Wildman–Crippen LogP) is 2.26. The zero-order chi connectivity index (χ0) is 12.4. The molecule has 0 atom stereocenters. The maximum Gasteiger partial charge on any atom is 0.0205 e. The Morgan fingerprint density at radius 1 is 1.11 bits per heavy atom. The van der Waals surface area contributed by atoms with Gasteiger partial charge in [-0.1, -0.05) is 18.2 Å². The van der Waals surface area contributed by atoms with Gasteiger partial charge in [-0.2, -0.15) is 0 Å². The van der Waals surface area contributed by atoms with Gasteiger partial charge in [-0.25, -0.2) is 0 Å². The van der Waals surface area contributed by atoms with Crippen molar-refractivity contribution in [3.8, 4) is 0 Å². The molecule has 0 heterocycles. The predicted molar refractivity (Wildman–Crippen MR) is 75.8 cm³/mol. The highest BCUT2D eigenvalue weighted by Gasteiger charge is 2.41. The fraction of sp³-hybridized carbons (Fsp3) is 0.625. The lowest BCUT2D eigenvalue weighted by molar-refractivity contribution is 0.438. The van der Waals surface area contributed by atoms with Crippen LogP contribution < -0.4 is 10.6 Å². The fourth-order valence-corrected chi connectivity index (χ4v) is 3.17. The largest absolute Gasteiger partial charge is 0.319 e. The van der Waals surface area contributed by atoms with Crippen LogP contribution >= 0.6 is 0 Å². The van der Waals surface area contributed by atoms with Crippen molar-refractivity contribution in [3.63, 3.8) is 0 Å². The van der Waals surface area contributed by atoms with Gasteiger partial charge in [-0.3, -0.25) is 0 Å². The summed E-state index contributed by atoms with van der Waals surface area (Å²) in [6.07, 6.45) is 6.68. The molecule has 2 N–H and O–H groups in total. The molecule has 0 saturated heterocycles. The van der Waals surface area contributed by atoms with Crippen molar-refractivity contribution < 1.29 is 0 Å². The third-order valence-electron chi connectivity index (χ3n) is 4.50. The molecule has 2 aliphatic carbocycles. The summed E-state index contributed by atoms with van der Waals surface area (Å²) in [4.78, 5) is 0. The fourth-order valence-electron chi connectivity index (χ4n) is 3.17. The van der Waals surface area contributed by atoms with E-state index in [-0.39, 0.29) is 0 Å². The molecule has 1 aromatic carbocycles. The summed E-state index contributed by atoms with van der Waals surface area (Å²) in [6, 6.07) is 7.04. The second-order valence-corrected chi connectivity index (χ2v) is 6.09. The molecule has 1 saturated carbocycles. The average Bonchev–Trinajstić information content (AvgIpc) is 2.97. The van der Waals surface area contributed by atoms with E-state index >= 15 is 0 Å². The van der Waals surface area contributed by atoms with Gasteiger partial charge in [0, 0.05) is 19.6 Å². The monoisotopic (exact) mass is 244 g/mol. The number of aryl methyl sites for hydroxylation is 2. The first-order valence-electron chi connectivity index (χ1n) is 7.27. The lowest BCUT2D eigenvalue weighted by atomic mass is 10.1. The van der Waals surface area contributed by atoms with E-state index in [1.807, 2.05) is 0 Å². The van der Waals surface area contributed by atoms with E-state index in [9.17, 15) is 0 Å². The number of rotatable bonds is 6. The molecule has 2 heteroatoms. The maximum absolute atomic E-state index is 3.64. The van der Waals surface area contributed by atoms with Crippen LogP contribution in [0.2, 0.25) is 0 Å². The van der Waals surface area contributed by atoms with Gasteiger partial charge in [-0.15, -0.1) is 0 Å². The van der Waals surface area contributed by atoms with E-state index in [2.05, 4.69) is 35.9 Å². The number of hydrogen-bond donors (Lipinski definition) is 2. The molecule has 2 nitrogen and oxygen atoms in total. The van der Waals surface area contributed by atoms with Crippen molar-refractivity contribution in [2.45, 2.75) is 38.6 Å². The highest BCUT2D eigenvalue weighted by molar-refractivity contribution is 5.35. The van der Waals surface area contributed by atoms with Crippen LogP contribution in [0.15, 0.2) is 18.2 Å². The highest BCUT2D eigenvalue weighted by atomic mass is 14.9. The second kappa shape index (κ2) is 5.02. The zero-order valence-electron chi connectivity index (χ0n) is 11.4. The molecule has 0 spiro atoms. The van der Waals surface area contributed by atoms with Crippen molar-refractivity contribution in [1.82, 2.24) is 10.6 Å².